The van der Waals surface area contributed by atoms with Crippen molar-refractivity contribution in [2.24, 2.45) is 0 Å². The highest BCUT2D eigenvalue weighted by atomic mass is 32.2. The number of hydrogen-bond donors (Lipinski definition) is 1. The van der Waals surface area contributed by atoms with E-state index in [-0.39, 0.29) is 5.75 Å². The van der Waals surface area contributed by atoms with Gasteiger partial charge in [0.2, 0.25) is 0 Å². The molecule has 1 fully saturated rings. The van der Waals surface area contributed by atoms with Gasteiger partial charge in [0.25, 0.3) is 0 Å². The molecular formula is C8H16O4S. The molecule has 0 aromatic heterocycles. The van der Waals surface area contributed by atoms with Crippen molar-refractivity contribution in [3.05, 3.63) is 0 Å². The van der Waals surface area contributed by atoms with Crippen molar-refractivity contribution in [1.29, 1.82) is 0 Å². The first-order chi connectivity index (χ1) is 6.18. The van der Waals surface area contributed by atoms with E-state index in [1.807, 2.05) is 6.92 Å². The summed E-state index contributed by atoms with van der Waals surface area (Å²) in [6.07, 6.45) is 1.71. The Balaban J connectivity index is 2.55. The minimum Gasteiger partial charge on any atom is -0.378 e. The van der Waals surface area contributed by atoms with Crippen LogP contribution in [-0.4, -0.2) is 39.9 Å². The highest BCUT2D eigenvalue weighted by Crippen LogP contribution is 2.24. The average Bonchev–Trinajstić information content (AvgIpc) is 2.04. The maximum Gasteiger partial charge on any atom is 0.155 e. The van der Waals surface area contributed by atoms with E-state index < -0.39 is 16.7 Å². The van der Waals surface area contributed by atoms with Crippen LogP contribution in [0, 0.1) is 0 Å². The Hall–Kier alpha value is 0.0300. The van der Waals surface area contributed by atoms with Crippen LogP contribution in [0.5, 0.6) is 0 Å². The van der Waals surface area contributed by atoms with Gasteiger partial charge >= 0.3 is 0 Å². The molecule has 1 aliphatic heterocycles. The Kier molecular flexibility index (Phi) is 4.31. The van der Waals surface area contributed by atoms with Gasteiger partial charge in [0.1, 0.15) is 5.60 Å². The molecule has 0 bridgehead atoms. The van der Waals surface area contributed by atoms with E-state index in [0.717, 1.165) is 19.4 Å². The van der Waals surface area contributed by atoms with Crippen molar-refractivity contribution in [1.82, 2.24) is 0 Å². The SMILES string of the molecule is CCOC1(CS(=O)O)CCCOC1. The molecule has 78 valence electrons. The van der Waals surface area contributed by atoms with Crippen molar-refractivity contribution in [2.45, 2.75) is 25.4 Å². The summed E-state index contributed by atoms with van der Waals surface area (Å²) >= 11 is -1.81. The summed E-state index contributed by atoms with van der Waals surface area (Å²) in [5, 5.41) is 0. The molecular weight excluding hydrogens is 192 g/mol. The Morgan fingerprint density at radius 1 is 1.69 bits per heavy atom. The largest absolute Gasteiger partial charge is 0.378 e. The smallest absolute Gasteiger partial charge is 0.155 e. The molecule has 0 saturated carbocycles. The molecule has 0 spiro atoms. The van der Waals surface area contributed by atoms with E-state index in [1.54, 1.807) is 0 Å². The topological polar surface area (TPSA) is 55.8 Å². The van der Waals surface area contributed by atoms with Gasteiger partial charge in [-0.15, -0.1) is 0 Å². The minimum absolute atomic E-state index is 0.154. The first-order valence-corrected chi connectivity index (χ1v) is 5.75. The molecule has 0 aromatic carbocycles. The van der Waals surface area contributed by atoms with Gasteiger partial charge in [-0.25, -0.2) is 4.21 Å². The average molecular weight is 208 g/mol. The normalized spacial score (nSPS) is 31.5. The lowest BCUT2D eigenvalue weighted by Crippen LogP contribution is -2.46. The molecule has 2 unspecified atom stereocenters. The van der Waals surface area contributed by atoms with Gasteiger partial charge in [-0.2, -0.15) is 0 Å². The molecule has 1 N–H and O–H groups in total. The summed E-state index contributed by atoms with van der Waals surface area (Å²) in [4.78, 5) is 0. The van der Waals surface area contributed by atoms with Crippen LogP contribution in [-0.2, 0) is 20.6 Å². The van der Waals surface area contributed by atoms with Crippen molar-refractivity contribution >= 4 is 11.1 Å². The fourth-order valence-electron chi connectivity index (χ4n) is 1.63. The third-order valence-corrected chi connectivity index (χ3v) is 2.90. The first kappa shape index (κ1) is 11.1. The van der Waals surface area contributed by atoms with Crippen LogP contribution in [0.25, 0.3) is 0 Å². The van der Waals surface area contributed by atoms with E-state index in [0.29, 0.717) is 13.2 Å². The van der Waals surface area contributed by atoms with Crippen molar-refractivity contribution in [3.8, 4) is 0 Å². The first-order valence-electron chi connectivity index (χ1n) is 4.48. The van der Waals surface area contributed by atoms with Crippen molar-refractivity contribution < 1.29 is 18.2 Å². The summed E-state index contributed by atoms with van der Waals surface area (Å²) < 4.78 is 30.3. The maximum atomic E-state index is 10.7. The van der Waals surface area contributed by atoms with Gasteiger partial charge in [0.05, 0.1) is 12.4 Å². The van der Waals surface area contributed by atoms with Crippen molar-refractivity contribution in [3.63, 3.8) is 0 Å². The summed E-state index contributed by atoms with van der Waals surface area (Å²) in [5.74, 6) is 0.154. The van der Waals surface area contributed by atoms with E-state index >= 15 is 0 Å². The maximum absolute atomic E-state index is 10.7. The van der Waals surface area contributed by atoms with Crippen LogP contribution >= 0.6 is 0 Å². The zero-order valence-corrected chi connectivity index (χ0v) is 8.64. The van der Waals surface area contributed by atoms with Crippen LogP contribution in [0.1, 0.15) is 19.8 Å². The van der Waals surface area contributed by atoms with Crippen LogP contribution < -0.4 is 0 Å². The molecule has 0 aromatic rings. The number of ether oxygens (including phenoxy) is 2. The molecule has 2 atom stereocenters. The van der Waals surface area contributed by atoms with Crippen LogP contribution in [0.4, 0.5) is 0 Å². The zero-order chi connectivity index (χ0) is 9.73. The van der Waals surface area contributed by atoms with E-state index in [2.05, 4.69) is 0 Å². The number of rotatable bonds is 4. The summed E-state index contributed by atoms with van der Waals surface area (Å²) in [6.45, 7) is 3.61. The molecule has 1 saturated heterocycles. The summed E-state index contributed by atoms with van der Waals surface area (Å²) in [6, 6.07) is 0. The predicted octanol–water partition coefficient (Wildman–Crippen LogP) is 0.794. The molecule has 1 rings (SSSR count). The third-order valence-electron chi connectivity index (χ3n) is 2.12. The van der Waals surface area contributed by atoms with E-state index in [9.17, 15) is 4.21 Å². The minimum atomic E-state index is -1.81. The summed E-state index contributed by atoms with van der Waals surface area (Å²) in [7, 11) is 0. The highest BCUT2D eigenvalue weighted by molar-refractivity contribution is 7.79. The van der Waals surface area contributed by atoms with Gasteiger partial charge in [-0.05, 0) is 19.8 Å². The zero-order valence-electron chi connectivity index (χ0n) is 7.82. The molecule has 13 heavy (non-hydrogen) atoms. The van der Waals surface area contributed by atoms with Crippen molar-refractivity contribution in [2.75, 3.05) is 25.6 Å². The van der Waals surface area contributed by atoms with Gasteiger partial charge in [-0.3, -0.25) is 0 Å². The lowest BCUT2D eigenvalue weighted by Gasteiger charge is -2.35. The Morgan fingerprint density at radius 2 is 2.46 bits per heavy atom. The van der Waals surface area contributed by atoms with Gasteiger partial charge < -0.3 is 14.0 Å². The lowest BCUT2D eigenvalue weighted by atomic mass is 9.99. The Morgan fingerprint density at radius 3 is 2.92 bits per heavy atom. The Bertz CT molecular complexity index is 171. The summed E-state index contributed by atoms with van der Waals surface area (Å²) in [5.41, 5.74) is -0.521. The monoisotopic (exact) mass is 208 g/mol. The quantitative estimate of drug-likeness (QED) is 0.694. The van der Waals surface area contributed by atoms with E-state index in [4.69, 9.17) is 14.0 Å². The molecule has 1 heterocycles. The lowest BCUT2D eigenvalue weighted by molar-refractivity contribution is -0.111. The molecule has 0 radical (unpaired) electrons. The second-order valence-electron chi connectivity index (χ2n) is 3.24. The fourth-order valence-corrected chi connectivity index (χ4v) is 2.39. The molecule has 1 aliphatic rings. The molecule has 4 nitrogen and oxygen atoms in total. The number of hydrogen-bond acceptors (Lipinski definition) is 3. The molecule has 0 amide bonds. The van der Waals surface area contributed by atoms with Gasteiger partial charge in [-0.1, -0.05) is 0 Å². The second kappa shape index (κ2) is 5.05. The van der Waals surface area contributed by atoms with Crippen LogP contribution in [0.3, 0.4) is 0 Å². The predicted molar refractivity (Wildman–Crippen MR) is 50.0 cm³/mol. The molecule has 0 aliphatic carbocycles. The standard InChI is InChI=1S/C8H16O4S/c1-2-12-8(7-13(9)10)4-3-5-11-6-8/h2-7H2,1H3,(H,9,10). The van der Waals surface area contributed by atoms with Crippen LogP contribution in [0.15, 0.2) is 0 Å². The highest BCUT2D eigenvalue weighted by Gasteiger charge is 2.35. The van der Waals surface area contributed by atoms with Gasteiger partial charge in [0.15, 0.2) is 11.1 Å². The fraction of sp³-hybridized carbons (Fsp3) is 1.00. The second-order valence-corrected chi connectivity index (χ2v) is 4.17. The van der Waals surface area contributed by atoms with Crippen LogP contribution in [0.2, 0.25) is 0 Å². The van der Waals surface area contributed by atoms with E-state index in [1.165, 1.54) is 0 Å². The third kappa shape index (κ3) is 3.34. The molecule has 5 heteroatoms. The Labute approximate surface area is 80.9 Å². The van der Waals surface area contributed by atoms with Gasteiger partial charge in [0, 0.05) is 13.2 Å².